The molecule has 0 spiro atoms. The van der Waals surface area contributed by atoms with E-state index in [1.54, 1.807) is 32.5 Å². The first-order chi connectivity index (χ1) is 21.2. The Bertz CT molecular complexity index is 1470. The first kappa shape index (κ1) is 32.0. The third-order valence-corrected chi connectivity index (χ3v) is 7.07. The van der Waals surface area contributed by atoms with Crippen molar-refractivity contribution in [2.75, 3.05) is 100 Å². The van der Waals surface area contributed by atoms with Gasteiger partial charge in [-0.15, -0.1) is 0 Å². The summed E-state index contributed by atoms with van der Waals surface area (Å²) in [4.78, 5) is 40.7. The second kappa shape index (κ2) is 15.0. The van der Waals surface area contributed by atoms with Crippen LogP contribution in [0.1, 0.15) is 10.4 Å². The number of hydrogen-bond donors (Lipinski definition) is 4. The third-order valence-electron chi connectivity index (χ3n) is 7.07. The molecule has 234 valence electrons. The van der Waals surface area contributed by atoms with E-state index in [1.807, 2.05) is 50.3 Å². The van der Waals surface area contributed by atoms with E-state index in [-0.39, 0.29) is 17.8 Å². The smallest absolute Gasteiger partial charge is 0.253 e. The van der Waals surface area contributed by atoms with Crippen molar-refractivity contribution in [1.82, 2.24) is 20.2 Å². The fourth-order valence-corrected chi connectivity index (χ4v) is 4.64. The number of anilines is 7. The zero-order chi connectivity index (χ0) is 31.6. The van der Waals surface area contributed by atoms with Gasteiger partial charge in [0.25, 0.3) is 5.91 Å². The molecule has 2 heterocycles. The van der Waals surface area contributed by atoms with Gasteiger partial charge in [-0.2, -0.15) is 4.98 Å². The zero-order valence-electron chi connectivity index (χ0n) is 25.9. The van der Waals surface area contributed by atoms with Crippen molar-refractivity contribution in [3.05, 3.63) is 60.8 Å². The highest BCUT2D eigenvalue weighted by Crippen LogP contribution is 2.38. The number of hydrogen-bond acceptors (Lipinski definition) is 11. The summed E-state index contributed by atoms with van der Waals surface area (Å²) in [7, 11) is 9.14. The highest BCUT2D eigenvalue weighted by atomic mass is 16.5. The largest absolute Gasteiger partial charge is 0.494 e. The van der Waals surface area contributed by atoms with Crippen molar-refractivity contribution >= 4 is 52.0 Å². The molecule has 2 aromatic carbocycles. The molecule has 1 aliphatic heterocycles. The minimum atomic E-state index is -0.337. The van der Waals surface area contributed by atoms with Gasteiger partial charge in [-0.1, -0.05) is 18.7 Å². The summed E-state index contributed by atoms with van der Waals surface area (Å²) in [5.41, 5.74) is 3.75. The van der Waals surface area contributed by atoms with Gasteiger partial charge in [-0.3, -0.25) is 9.59 Å². The highest BCUT2D eigenvalue weighted by molar-refractivity contribution is 6.02. The van der Waals surface area contributed by atoms with Crippen LogP contribution in [0.2, 0.25) is 0 Å². The molecule has 13 heteroatoms. The van der Waals surface area contributed by atoms with Crippen LogP contribution >= 0.6 is 0 Å². The van der Waals surface area contributed by atoms with E-state index in [9.17, 15) is 9.59 Å². The fourth-order valence-electron chi connectivity index (χ4n) is 4.64. The van der Waals surface area contributed by atoms with E-state index in [4.69, 9.17) is 14.5 Å². The van der Waals surface area contributed by atoms with Crippen LogP contribution in [0.15, 0.2) is 55.3 Å². The number of nitrogens with one attached hydrogen (secondary N) is 4. The quantitative estimate of drug-likeness (QED) is 0.214. The highest BCUT2D eigenvalue weighted by Gasteiger charge is 2.21. The lowest BCUT2D eigenvalue weighted by atomic mass is 10.1. The molecule has 44 heavy (non-hydrogen) atoms. The Morgan fingerprint density at radius 2 is 1.82 bits per heavy atom. The van der Waals surface area contributed by atoms with Crippen LogP contribution in [0.3, 0.4) is 0 Å². The summed E-state index contributed by atoms with van der Waals surface area (Å²) >= 11 is 0. The minimum absolute atomic E-state index is 0.220. The first-order valence-corrected chi connectivity index (χ1v) is 14.3. The standard InChI is InChI=1S/C31H41N9O4/c1-7-28(41)34-23-18-24(27(43-6)19-25(23)39(5)13-12-38(3)4)36-31-33-20-26(40-14-16-44-17-15-40)29(37-31)35-22-11-9-8-10-21(22)30(42)32-2/h7-11,18-20H,1,12-17H2,2-6H3,(H,32,42)(H,34,41)(H2,33,35,36,37). The molecule has 1 saturated heterocycles. The molecular formula is C31H41N9O4. The van der Waals surface area contributed by atoms with Crippen molar-refractivity contribution in [2.24, 2.45) is 0 Å². The second-order valence-corrected chi connectivity index (χ2v) is 10.4. The number of nitrogens with zero attached hydrogens (tertiary/aromatic N) is 5. The van der Waals surface area contributed by atoms with E-state index in [0.29, 0.717) is 60.5 Å². The zero-order valence-corrected chi connectivity index (χ0v) is 25.9. The predicted molar refractivity (Wildman–Crippen MR) is 175 cm³/mol. The number of carbonyl (C=O) groups excluding carboxylic acids is 2. The van der Waals surface area contributed by atoms with Gasteiger partial charge in [0.2, 0.25) is 11.9 Å². The molecule has 0 atom stereocenters. The molecule has 4 N–H and O–H groups in total. The molecule has 1 aliphatic rings. The lowest BCUT2D eigenvalue weighted by Crippen LogP contribution is -2.36. The van der Waals surface area contributed by atoms with Crippen LogP contribution in [0, 0.1) is 0 Å². The number of carbonyl (C=O) groups is 2. The van der Waals surface area contributed by atoms with Crippen molar-refractivity contribution in [3.8, 4) is 5.75 Å². The summed E-state index contributed by atoms with van der Waals surface area (Å²) in [6.07, 6.45) is 2.96. The van der Waals surface area contributed by atoms with E-state index < -0.39 is 0 Å². The van der Waals surface area contributed by atoms with Crippen LogP contribution in [-0.2, 0) is 9.53 Å². The molecule has 0 saturated carbocycles. The van der Waals surface area contributed by atoms with Crippen molar-refractivity contribution in [3.63, 3.8) is 0 Å². The van der Waals surface area contributed by atoms with Gasteiger partial charge >= 0.3 is 0 Å². The molecule has 0 aliphatic carbocycles. The van der Waals surface area contributed by atoms with Gasteiger partial charge in [0, 0.05) is 46.3 Å². The molecule has 1 aromatic heterocycles. The summed E-state index contributed by atoms with van der Waals surface area (Å²) in [6, 6.07) is 10.9. The van der Waals surface area contributed by atoms with Crippen LogP contribution in [0.5, 0.6) is 5.75 Å². The number of likely N-dealkylation sites (N-methyl/N-ethyl adjacent to an activating group) is 2. The molecule has 1 fully saturated rings. The van der Waals surface area contributed by atoms with Crippen molar-refractivity contribution in [2.45, 2.75) is 0 Å². The maximum absolute atomic E-state index is 12.6. The Kier molecular flexibility index (Phi) is 10.9. The Morgan fingerprint density at radius 3 is 2.50 bits per heavy atom. The van der Waals surface area contributed by atoms with E-state index in [2.05, 4.69) is 42.6 Å². The molecule has 0 bridgehead atoms. The lowest BCUT2D eigenvalue weighted by Gasteiger charge is -2.30. The first-order valence-electron chi connectivity index (χ1n) is 14.3. The Balaban J connectivity index is 1.74. The van der Waals surface area contributed by atoms with Gasteiger partial charge in [0.05, 0.1) is 60.5 Å². The van der Waals surface area contributed by atoms with Gasteiger partial charge in [0.15, 0.2) is 5.82 Å². The fraction of sp³-hybridized carbons (Fsp3) is 0.355. The monoisotopic (exact) mass is 603 g/mol. The number of methoxy groups -OCH3 is 1. The Hall–Kier alpha value is -4.88. The van der Waals surface area contributed by atoms with Gasteiger partial charge in [-0.25, -0.2) is 4.98 Å². The SMILES string of the molecule is C=CC(=O)Nc1cc(Nc2ncc(N3CCOCC3)c(Nc3ccccc3C(=O)NC)n2)c(OC)cc1N(C)CCN(C)C. The molecule has 0 radical (unpaired) electrons. The van der Waals surface area contributed by atoms with E-state index in [0.717, 1.165) is 24.5 Å². The molecule has 3 aromatic rings. The van der Waals surface area contributed by atoms with Gasteiger partial charge < -0.3 is 45.4 Å². The number of ether oxygens (including phenoxy) is 2. The summed E-state index contributed by atoms with van der Waals surface area (Å²) in [5, 5.41) is 12.2. The molecule has 2 amide bonds. The van der Waals surface area contributed by atoms with E-state index >= 15 is 0 Å². The van der Waals surface area contributed by atoms with Crippen LogP contribution in [0.25, 0.3) is 0 Å². The van der Waals surface area contributed by atoms with Crippen LogP contribution in [0.4, 0.5) is 40.2 Å². The van der Waals surface area contributed by atoms with Gasteiger partial charge in [0.1, 0.15) is 5.75 Å². The van der Waals surface area contributed by atoms with E-state index in [1.165, 1.54) is 6.08 Å². The third kappa shape index (κ3) is 7.94. The Labute approximate surface area is 258 Å². The number of para-hydroxylation sites is 1. The predicted octanol–water partition coefficient (Wildman–Crippen LogP) is 3.29. The second-order valence-electron chi connectivity index (χ2n) is 10.4. The molecule has 4 rings (SSSR count). The number of benzene rings is 2. The topological polar surface area (TPSA) is 136 Å². The number of amides is 2. The number of rotatable bonds is 13. The van der Waals surface area contributed by atoms with Crippen molar-refractivity contribution in [1.29, 1.82) is 0 Å². The summed E-state index contributed by atoms with van der Waals surface area (Å²) in [5.74, 6) is 0.780. The minimum Gasteiger partial charge on any atom is -0.494 e. The summed E-state index contributed by atoms with van der Waals surface area (Å²) in [6.45, 7) is 7.64. The molecule has 13 nitrogen and oxygen atoms in total. The normalized spacial score (nSPS) is 12.8. The number of morpholine rings is 1. The van der Waals surface area contributed by atoms with Crippen molar-refractivity contribution < 1.29 is 19.1 Å². The Morgan fingerprint density at radius 1 is 1.07 bits per heavy atom. The van der Waals surface area contributed by atoms with Gasteiger partial charge in [-0.05, 0) is 38.4 Å². The lowest BCUT2D eigenvalue weighted by molar-refractivity contribution is -0.111. The maximum Gasteiger partial charge on any atom is 0.253 e. The molecule has 0 unspecified atom stereocenters. The van der Waals surface area contributed by atoms with Crippen LogP contribution < -0.4 is 35.8 Å². The molecular weight excluding hydrogens is 562 g/mol. The maximum atomic E-state index is 12.6. The average Bonchev–Trinajstić information content (AvgIpc) is 3.04. The van der Waals surface area contributed by atoms with Crippen LogP contribution in [-0.4, -0.2) is 101 Å². The average molecular weight is 604 g/mol. The number of aromatic nitrogens is 2. The summed E-state index contributed by atoms with van der Waals surface area (Å²) < 4.78 is 11.3.